The number of hydrazone groups is 1. The van der Waals surface area contributed by atoms with Gasteiger partial charge in [0.2, 0.25) is 5.96 Å². The lowest BCUT2D eigenvalue weighted by molar-refractivity contribution is 0.174. The third-order valence-electron chi connectivity index (χ3n) is 3.08. The molecule has 0 spiro atoms. The molecule has 0 radical (unpaired) electrons. The Morgan fingerprint density at radius 3 is 2.35 bits per heavy atom. The molecule has 2 rings (SSSR count). The van der Waals surface area contributed by atoms with Crippen molar-refractivity contribution >= 4 is 5.96 Å². The summed E-state index contributed by atoms with van der Waals surface area (Å²) in [5, 5.41) is 3.52. The van der Waals surface area contributed by atoms with Crippen LogP contribution in [0.25, 0.3) is 0 Å². The molecular weight excluding hydrogens is 214 g/mol. The molecule has 1 aromatic rings. The van der Waals surface area contributed by atoms with Gasteiger partial charge in [-0.05, 0) is 5.56 Å². The summed E-state index contributed by atoms with van der Waals surface area (Å²) in [4.78, 5) is 4.43. The Morgan fingerprint density at radius 1 is 1.12 bits per heavy atom. The average molecular weight is 233 g/mol. The molecule has 1 saturated heterocycles. The van der Waals surface area contributed by atoms with E-state index in [1.54, 1.807) is 0 Å². The van der Waals surface area contributed by atoms with Gasteiger partial charge in [-0.3, -0.25) is 4.90 Å². The summed E-state index contributed by atoms with van der Waals surface area (Å²) in [6.07, 6.45) is 0. The lowest BCUT2D eigenvalue weighted by Gasteiger charge is -2.34. The molecule has 17 heavy (non-hydrogen) atoms. The molecule has 0 aliphatic carbocycles. The van der Waals surface area contributed by atoms with Gasteiger partial charge in [-0.1, -0.05) is 30.3 Å². The van der Waals surface area contributed by atoms with Crippen LogP contribution in [0.5, 0.6) is 0 Å². The summed E-state index contributed by atoms with van der Waals surface area (Å²) < 4.78 is 0. The number of benzene rings is 1. The minimum atomic E-state index is 0.435. The van der Waals surface area contributed by atoms with E-state index in [1.807, 2.05) is 11.0 Å². The fraction of sp³-hybridized carbons (Fsp3) is 0.417. The zero-order valence-corrected chi connectivity index (χ0v) is 9.92. The quantitative estimate of drug-likeness (QED) is 0.326. The van der Waals surface area contributed by atoms with Gasteiger partial charge in [0.05, 0.1) is 0 Å². The van der Waals surface area contributed by atoms with Crippen LogP contribution in [0.1, 0.15) is 5.56 Å². The highest BCUT2D eigenvalue weighted by atomic mass is 15.4. The maximum absolute atomic E-state index is 5.68. The molecule has 0 bridgehead atoms. The molecule has 0 aromatic heterocycles. The Bertz CT molecular complexity index is 368. The van der Waals surface area contributed by atoms with Gasteiger partial charge in [-0.2, -0.15) is 0 Å². The molecule has 0 atom stereocenters. The van der Waals surface area contributed by atoms with E-state index in [2.05, 4.69) is 34.3 Å². The third-order valence-corrected chi connectivity index (χ3v) is 3.08. The van der Waals surface area contributed by atoms with Crippen LogP contribution in [0.4, 0.5) is 0 Å². The molecule has 0 amide bonds. The van der Waals surface area contributed by atoms with Gasteiger partial charge in [-0.15, -0.1) is 5.10 Å². The lowest BCUT2D eigenvalue weighted by Crippen LogP contribution is -2.51. The number of nitrogens with zero attached hydrogens (tertiary/aromatic N) is 3. The van der Waals surface area contributed by atoms with Crippen LogP contribution in [0.3, 0.4) is 0 Å². The Balaban J connectivity index is 1.84. The number of piperazine rings is 1. The van der Waals surface area contributed by atoms with Crippen molar-refractivity contribution in [1.82, 2.24) is 9.80 Å². The first kappa shape index (κ1) is 11.7. The van der Waals surface area contributed by atoms with Gasteiger partial charge >= 0.3 is 0 Å². The van der Waals surface area contributed by atoms with Crippen molar-refractivity contribution in [2.45, 2.75) is 6.54 Å². The van der Waals surface area contributed by atoms with Crippen molar-refractivity contribution < 1.29 is 0 Å². The minimum Gasteiger partial charge on any atom is -0.368 e. The van der Waals surface area contributed by atoms with Gasteiger partial charge in [0.15, 0.2) is 0 Å². The molecule has 1 fully saturated rings. The van der Waals surface area contributed by atoms with Crippen molar-refractivity contribution in [3.8, 4) is 0 Å². The van der Waals surface area contributed by atoms with Gasteiger partial charge in [0.1, 0.15) is 0 Å². The maximum Gasteiger partial charge on any atom is 0.213 e. The summed E-state index contributed by atoms with van der Waals surface area (Å²) in [6, 6.07) is 10.5. The average Bonchev–Trinajstić information content (AvgIpc) is 2.40. The Labute approximate surface area is 102 Å². The Hall–Kier alpha value is -1.75. The molecule has 1 aromatic carbocycles. The van der Waals surface area contributed by atoms with Gasteiger partial charge in [0, 0.05) is 32.7 Å². The predicted molar refractivity (Wildman–Crippen MR) is 69.1 cm³/mol. The molecule has 4 N–H and O–H groups in total. The maximum atomic E-state index is 5.68. The molecule has 0 saturated carbocycles. The normalized spacial score (nSPS) is 18.4. The molecule has 1 aliphatic heterocycles. The first-order valence-electron chi connectivity index (χ1n) is 5.84. The number of hydrogen-bond donors (Lipinski definition) is 2. The van der Waals surface area contributed by atoms with Gasteiger partial charge < -0.3 is 16.5 Å². The highest BCUT2D eigenvalue weighted by Crippen LogP contribution is 2.07. The number of hydrogen-bond acceptors (Lipinski definition) is 3. The second-order valence-corrected chi connectivity index (χ2v) is 4.24. The third kappa shape index (κ3) is 3.10. The monoisotopic (exact) mass is 233 g/mol. The standard InChI is InChI=1S/C12H19N5/c13-12(15-14)17-8-6-16(7-9-17)10-11-4-2-1-3-5-11/h1-5H,6-10,14H2,(H2,13,15). The van der Waals surface area contributed by atoms with Crippen LogP contribution in [0, 0.1) is 0 Å². The minimum absolute atomic E-state index is 0.435. The van der Waals surface area contributed by atoms with Gasteiger partial charge in [0.25, 0.3) is 0 Å². The van der Waals surface area contributed by atoms with E-state index in [4.69, 9.17) is 11.6 Å². The molecule has 0 unspecified atom stereocenters. The van der Waals surface area contributed by atoms with Crippen LogP contribution in [-0.4, -0.2) is 41.9 Å². The summed E-state index contributed by atoms with van der Waals surface area (Å²) in [7, 11) is 0. The molecule has 1 aliphatic rings. The molecule has 5 nitrogen and oxygen atoms in total. The number of rotatable bonds is 2. The van der Waals surface area contributed by atoms with E-state index in [9.17, 15) is 0 Å². The van der Waals surface area contributed by atoms with Crippen molar-refractivity contribution in [3.05, 3.63) is 35.9 Å². The second kappa shape index (κ2) is 5.54. The van der Waals surface area contributed by atoms with Crippen molar-refractivity contribution in [1.29, 1.82) is 0 Å². The SMILES string of the molecule is NN=C(N)N1CCN(Cc2ccccc2)CC1. The van der Waals surface area contributed by atoms with E-state index >= 15 is 0 Å². The zero-order chi connectivity index (χ0) is 12.1. The topological polar surface area (TPSA) is 70.9 Å². The second-order valence-electron chi connectivity index (χ2n) is 4.24. The fourth-order valence-electron chi connectivity index (χ4n) is 2.06. The fourth-order valence-corrected chi connectivity index (χ4v) is 2.06. The first-order valence-corrected chi connectivity index (χ1v) is 5.84. The highest BCUT2D eigenvalue weighted by Gasteiger charge is 2.17. The number of guanidine groups is 1. The summed E-state index contributed by atoms with van der Waals surface area (Å²) in [6.45, 7) is 4.75. The molecule has 92 valence electrons. The molecule has 5 heteroatoms. The summed E-state index contributed by atoms with van der Waals surface area (Å²) >= 11 is 0. The van der Waals surface area contributed by atoms with Crippen molar-refractivity contribution in [2.24, 2.45) is 16.7 Å². The van der Waals surface area contributed by atoms with E-state index in [0.29, 0.717) is 5.96 Å². The van der Waals surface area contributed by atoms with Crippen molar-refractivity contribution in [2.75, 3.05) is 26.2 Å². The summed E-state index contributed by atoms with van der Waals surface area (Å²) in [5.41, 5.74) is 7.03. The van der Waals surface area contributed by atoms with Crippen LogP contribution in [0.15, 0.2) is 35.4 Å². The number of nitrogens with two attached hydrogens (primary N) is 2. The van der Waals surface area contributed by atoms with Gasteiger partial charge in [-0.25, -0.2) is 0 Å². The Morgan fingerprint density at radius 2 is 1.76 bits per heavy atom. The largest absolute Gasteiger partial charge is 0.368 e. The first-order chi connectivity index (χ1) is 8.29. The van der Waals surface area contributed by atoms with E-state index in [1.165, 1.54) is 5.56 Å². The zero-order valence-electron chi connectivity index (χ0n) is 9.92. The van der Waals surface area contributed by atoms with Crippen molar-refractivity contribution in [3.63, 3.8) is 0 Å². The van der Waals surface area contributed by atoms with E-state index in [-0.39, 0.29) is 0 Å². The van der Waals surface area contributed by atoms with E-state index < -0.39 is 0 Å². The molecular formula is C12H19N5. The van der Waals surface area contributed by atoms with E-state index in [0.717, 1.165) is 32.7 Å². The lowest BCUT2D eigenvalue weighted by atomic mass is 10.2. The summed E-state index contributed by atoms with van der Waals surface area (Å²) in [5.74, 6) is 5.60. The predicted octanol–water partition coefficient (Wildman–Crippen LogP) is -0.00740. The van der Waals surface area contributed by atoms with Crippen LogP contribution in [0.2, 0.25) is 0 Å². The Kier molecular flexibility index (Phi) is 3.82. The van der Waals surface area contributed by atoms with Crippen LogP contribution in [-0.2, 0) is 6.54 Å². The van der Waals surface area contributed by atoms with Crippen LogP contribution < -0.4 is 11.6 Å². The molecule has 1 heterocycles. The highest BCUT2D eigenvalue weighted by molar-refractivity contribution is 5.77. The van der Waals surface area contributed by atoms with Crippen LogP contribution >= 0.6 is 0 Å². The smallest absolute Gasteiger partial charge is 0.213 e.